The Morgan fingerprint density at radius 3 is 2.63 bits per heavy atom. The Morgan fingerprint density at radius 1 is 0.926 bits per heavy atom. The number of hydrogen-bond acceptors (Lipinski definition) is 3. The molecule has 0 fully saturated rings. The largest absolute Gasteiger partial charge is 0.436 e. The zero-order valence-corrected chi connectivity index (χ0v) is 15.7. The summed E-state index contributed by atoms with van der Waals surface area (Å²) in [5, 5.41) is 0.891. The summed E-state index contributed by atoms with van der Waals surface area (Å²) in [6, 6.07) is 21.0. The zero-order chi connectivity index (χ0) is 18.6. The lowest BCUT2D eigenvalue weighted by Gasteiger charge is -2.00. The molecule has 0 aliphatic carbocycles. The highest BCUT2D eigenvalue weighted by atomic mass is 35.5. The molecule has 0 spiro atoms. The van der Waals surface area contributed by atoms with Crippen LogP contribution < -0.4 is 0 Å². The Bertz CT molecular complexity index is 1150. The summed E-state index contributed by atoms with van der Waals surface area (Å²) in [5.74, 6) is 0.433. The molecule has 0 amide bonds. The Balaban J connectivity index is 1.58. The quantitative estimate of drug-likeness (QED) is 0.343. The number of aliphatic imine (C=N–C) groups is 1. The van der Waals surface area contributed by atoms with Crippen LogP contribution in [0.3, 0.4) is 0 Å². The van der Waals surface area contributed by atoms with Gasteiger partial charge in [0.2, 0.25) is 5.89 Å². The van der Waals surface area contributed by atoms with E-state index in [1.165, 1.54) is 0 Å². The second-order valence-electron chi connectivity index (χ2n) is 5.82. The van der Waals surface area contributed by atoms with Crippen LogP contribution in [-0.4, -0.2) is 11.2 Å². The van der Waals surface area contributed by atoms with Gasteiger partial charge in [0.1, 0.15) is 5.52 Å². The molecule has 0 radical (unpaired) electrons. The van der Waals surface area contributed by atoms with Gasteiger partial charge in [-0.1, -0.05) is 65.7 Å². The Labute approximate surface area is 166 Å². The first-order valence-corrected chi connectivity index (χ1v) is 9.07. The standard InChI is InChI=1S/C22H14Cl2N2O/c23-18-10-4-9-17(21(18)24)22-26-19-14-16(11-12-20(19)27-22)25-13-5-8-15-6-2-1-3-7-15/h1-14H/b8-5+,25-13?. The van der Waals surface area contributed by atoms with Crippen molar-refractivity contribution in [2.75, 3.05) is 0 Å². The number of benzene rings is 3. The van der Waals surface area contributed by atoms with Crippen molar-refractivity contribution in [1.29, 1.82) is 0 Å². The predicted octanol–water partition coefficient (Wildman–Crippen LogP) is 7.22. The van der Waals surface area contributed by atoms with Gasteiger partial charge in [0.25, 0.3) is 0 Å². The second-order valence-corrected chi connectivity index (χ2v) is 6.61. The number of oxazole rings is 1. The summed E-state index contributed by atoms with van der Waals surface area (Å²) >= 11 is 12.3. The molecule has 0 N–H and O–H groups in total. The van der Waals surface area contributed by atoms with Gasteiger partial charge in [-0.3, -0.25) is 4.99 Å². The molecular formula is C22H14Cl2N2O. The van der Waals surface area contributed by atoms with E-state index < -0.39 is 0 Å². The lowest BCUT2D eigenvalue weighted by molar-refractivity contribution is 0.620. The molecule has 1 aromatic heterocycles. The van der Waals surface area contributed by atoms with Crippen molar-refractivity contribution < 1.29 is 4.42 Å². The average molecular weight is 393 g/mol. The first-order valence-electron chi connectivity index (χ1n) is 8.31. The zero-order valence-electron chi connectivity index (χ0n) is 14.1. The van der Waals surface area contributed by atoms with Gasteiger partial charge in [0.15, 0.2) is 5.58 Å². The average Bonchev–Trinajstić information content (AvgIpc) is 3.11. The number of halogens is 2. The number of hydrogen-bond donors (Lipinski definition) is 0. The maximum Gasteiger partial charge on any atom is 0.228 e. The molecule has 132 valence electrons. The molecule has 1 heterocycles. The van der Waals surface area contributed by atoms with E-state index in [0.717, 1.165) is 11.3 Å². The van der Waals surface area contributed by atoms with Gasteiger partial charge in [0, 0.05) is 6.21 Å². The third kappa shape index (κ3) is 3.95. The van der Waals surface area contributed by atoms with Gasteiger partial charge in [-0.05, 0) is 42.0 Å². The minimum Gasteiger partial charge on any atom is -0.436 e. The highest BCUT2D eigenvalue weighted by molar-refractivity contribution is 6.43. The molecule has 0 bridgehead atoms. The number of fused-ring (bicyclic) bond motifs is 1. The van der Waals surface area contributed by atoms with E-state index in [4.69, 9.17) is 27.6 Å². The fourth-order valence-corrected chi connectivity index (χ4v) is 3.01. The lowest BCUT2D eigenvalue weighted by Crippen LogP contribution is -1.79. The highest BCUT2D eigenvalue weighted by Gasteiger charge is 2.13. The van der Waals surface area contributed by atoms with Crippen LogP contribution in [0.15, 0.2) is 82.2 Å². The molecule has 4 aromatic rings. The van der Waals surface area contributed by atoms with Crippen LogP contribution in [-0.2, 0) is 0 Å². The minimum absolute atomic E-state index is 0.426. The molecule has 0 atom stereocenters. The topological polar surface area (TPSA) is 38.4 Å². The van der Waals surface area contributed by atoms with Gasteiger partial charge in [-0.15, -0.1) is 0 Å². The van der Waals surface area contributed by atoms with Crippen molar-refractivity contribution in [3.63, 3.8) is 0 Å². The second kappa shape index (κ2) is 7.78. The maximum atomic E-state index is 6.26. The summed E-state index contributed by atoms with van der Waals surface area (Å²) < 4.78 is 5.81. The van der Waals surface area contributed by atoms with Crippen molar-refractivity contribution in [2.45, 2.75) is 0 Å². The third-order valence-corrected chi connectivity index (χ3v) is 4.77. The van der Waals surface area contributed by atoms with Crippen molar-refractivity contribution in [2.24, 2.45) is 4.99 Å². The van der Waals surface area contributed by atoms with Crippen molar-refractivity contribution in [3.8, 4) is 11.5 Å². The van der Waals surface area contributed by atoms with E-state index in [-0.39, 0.29) is 0 Å². The normalized spacial score (nSPS) is 11.8. The minimum atomic E-state index is 0.426. The summed E-state index contributed by atoms with van der Waals surface area (Å²) in [5.41, 5.74) is 3.95. The van der Waals surface area contributed by atoms with E-state index in [1.807, 2.05) is 72.8 Å². The van der Waals surface area contributed by atoms with E-state index in [9.17, 15) is 0 Å². The summed E-state index contributed by atoms with van der Waals surface area (Å²) in [6.07, 6.45) is 5.65. The molecule has 0 unspecified atom stereocenters. The van der Waals surface area contributed by atoms with Crippen LogP contribution >= 0.6 is 23.2 Å². The summed E-state index contributed by atoms with van der Waals surface area (Å²) in [4.78, 5) is 8.96. The molecule has 3 aromatic carbocycles. The SMILES string of the molecule is Clc1cccc(-c2nc3cc(N=C/C=C/c4ccccc4)ccc3o2)c1Cl. The molecule has 0 aliphatic rings. The molecule has 0 saturated heterocycles. The number of nitrogens with zero attached hydrogens (tertiary/aromatic N) is 2. The maximum absolute atomic E-state index is 6.26. The first kappa shape index (κ1) is 17.5. The fraction of sp³-hybridized carbons (Fsp3) is 0. The molecule has 3 nitrogen and oxygen atoms in total. The van der Waals surface area contributed by atoms with Crippen molar-refractivity contribution in [1.82, 2.24) is 4.98 Å². The van der Waals surface area contributed by atoms with Gasteiger partial charge >= 0.3 is 0 Å². The van der Waals surface area contributed by atoms with Gasteiger partial charge in [-0.2, -0.15) is 0 Å². The van der Waals surface area contributed by atoms with Crippen molar-refractivity contribution in [3.05, 3.63) is 88.4 Å². The number of aromatic nitrogens is 1. The van der Waals surface area contributed by atoms with Gasteiger partial charge < -0.3 is 4.42 Å². The van der Waals surface area contributed by atoms with Crippen LogP contribution in [0.4, 0.5) is 5.69 Å². The molecule has 0 saturated carbocycles. The van der Waals surface area contributed by atoms with Crippen LogP contribution in [0.1, 0.15) is 5.56 Å². The lowest BCUT2D eigenvalue weighted by atomic mass is 10.2. The Hall–Kier alpha value is -2.88. The van der Waals surface area contributed by atoms with Crippen LogP contribution in [0.5, 0.6) is 0 Å². The Morgan fingerprint density at radius 2 is 1.78 bits per heavy atom. The fourth-order valence-electron chi connectivity index (χ4n) is 2.63. The smallest absolute Gasteiger partial charge is 0.228 e. The third-order valence-electron chi connectivity index (χ3n) is 3.95. The molecule has 27 heavy (non-hydrogen) atoms. The van der Waals surface area contributed by atoms with Gasteiger partial charge in [0.05, 0.1) is 21.3 Å². The molecule has 0 aliphatic heterocycles. The predicted molar refractivity (Wildman–Crippen MR) is 113 cm³/mol. The number of rotatable bonds is 4. The molecular weight excluding hydrogens is 379 g/mol. The first-order chi connectivity index (χ1) is 13.2. The van der Waals surface area contributed by atoms with Crippen LogP contribution in [0.25, 0.3) is 28.6 Å². The van der Waals surface area contributed by atoms with Gasteiger partial charge in [-0.25, -0.2) is 4.98 Å². The monoisotopic (exact) mass is 392 g/mol. The summed E-state index contributed by atoms with van der Waals surface area (Å²) in [6.45, 7) is 0. The van der Waals surface area contributed by atoms with Crippen LogP contribution in [0, 0.1) is 0 Å². The van der Waals surface area contributed by atoms with Crippen LogP contribution in [0.2, 0.25) is 10.0 Å². The molecule has 5 heteroatoms. The highest BCUT2D eigenvalue weighted by Crippen LogP contribution is 2.35. The van der Waals surface area contributed by atoms with E-state index in [2.05, 4.69) is 9.98 Å². The Kier molecular flexibility index (Phi) is 5.05. The number of allylic oxidation sites excluding steroid dienone is 1. The van der Waals surface area contributed by atoms with E-state index in [1.54, 1.807) is 12.3 Å². The van der Waals surface area contributed by atoms with E-state index in [0.29, 0.717) is 32.6 Å². The van der Waals surface area contributed by atoms with E-state index >= 15 is 0 Å². The summed E-state index contributed by atoms with van der Waals surface area (Å²) in [7, 11) is 0. The van der Waals surface area contributed by atoms with Crippen molar-refractivity contribution >= 4 is 52.3 Å². The molecule has 4 rings (SSSR count).